The van der Waals surface area contributed by atoms with Gasteiger partial charge in [-0.2, -0.15) is 0 Å². The average molecular weight is 448 g/mol. The zero-order valence-electron chi connectivity index (χ0n) is 14.7. The normalized spacial score (nSPS) is 15.1. The fourth-order valence-electron chi connectivity index (χ4n) is 1.77. The minimum absolute atomic E-state index is 0. The molecule has 0 aromatic rings. The second kappa shape index (κ2) is 12.3. The van der Waals surface area contributed by atoms with E-state index in [0.717, 1.165) is 19.5 Å². The topological polar surface area (TPSA) is 73.8 Å². The minimum atomic E-state index is -2.91. The van der Waals surface area contributed by atoms with E-state index < -0.39 is 9.84 Å². The number of guanidine groups is 1. The first-order chi connectivity index (χ1) is 9.69. The van der Waals surface area contributed by atoms with Crippen LogP contribution >= 0.6 is 24.0 Å². The largest absolute Gasteiger partial charge is 0.355 e. The number of rotatable bonds is 9. The molecule has 2 N–H and O–H groups in total. The molecule has 0 aromatic heterocycles. The van der Waals surface area contributed by atoms with Crippen molar-refractivity contribution in [3.8, 4) is 0 Å². The lowest BCUT2D eigenvalue weighted by Gasteiger charge is -2.24. The molecule has 0 rings (SSSR count). The van der Waals surface area contributed by atoms with Gasteiger partial charge in [-0.05, 0) is 33.7 Å². The molecule has 0 fully saturated rings. The number of nitrogens with zero attached hydrogens (tertiary/aromatic N) is 2. The number of hydrogen-bond acceptors (Lipinski definition) is 4. The van der Waals surface area contributed by atoms with E-state index in [1.54, 1.807) is 7.05 Å². The Bertz CT molecular complexity index is 415. The van der Waals surface area contributed by atoms with E-state index in [0.29, 0.717) is 18.4 Å². The Morgan fingerprint density at radius 2 is 1.91 bits per heavy atom. The molecule has 0 radical (unpaired) electrons. The van der Waals surface area contributed by atoms with E-state index in [-0.39, 0.29) is 35.8 Å². The molecule has 0 saturated heterocycles. The molecular formula is C14H33IN4O2S. The van der Waals surface area contributed by atoms with Gasteiger partial charge in [0.25, 0.3) is 0 Å². The van der Waals surface area contributed by atoms with Crippen LogP contribution in [0, 0.1) is 0 Å². The summed E-state index contributed by atoms with van der Waals surface area (Å²) in [6.07, 6.45) is 2.97. The van der Waals surface area contributed by atoms with Crippen molar-refractivity contribution >= 4 is 39.8 Å². The summed E-state index contributed by atoms with van der Waals surface area (Å²) in [6.45, 7) is 8.09. The molecule has 0 spiro atoms. The standard InChI is InChI=1S/C14H32N4O2S.HI/c1-7-13(3)18(5)10-9-16-14(15-4)17-12(2)8-11-21(6,19)20;/h12-13H,7-11H2,1-6H3,(H2,15,16,17);1H. The zero-order valence-corrected chi connectivity index (χ0v) is 17.9. The van der Waals surface area contributed by atoms with Gasteiger partial charge in [0.05, 0.1) is 5.75 Å². The summed E-state index contributed by atoms with van der Waals surface area (Å²) >= 11 is 0. The van der Waals surface area contributed by atoms with Crippen molar-refractivity contribution < 1.29 is 8.42 Å². The Balaban J connectivity index is 0. The first kappa shape index (κ1) is 24.2. The van der Waals surface area contributed by atoms with Crippen LogP contribution in [-0.2, 0) is 9.84 Å². The van der Waals surface area contributed by atoms with Crippen molar-refractivity contribution in [1.82, 2.24) is 15.5 Å². The van der Waals surface area contributed by atoms with Gasteiger partial charge in [0.2, 0.25) is 0 Å². The SMILES string of the molecule is CCC(C)N(C)CCNC(=NC)NC(C)CCS(C)(=O)=O.I. The van der Waals surface area contributed by atoms with Crippen LogP contribution in [0.2, 0.25) is 0 Å². The minimum Gasteiger partial charge on any atom is -0.355 e. The first-order valence-corrected chi connectivity index (χ1v) is 9.60. The van der Waals surface area contributed by atoms with Crippen molar-refractivity contribution in [3.63, 3.8) is 0 Å². The second-order valence-corrected chi connectivity index (χ2v) is 7.96. The predicted octanol–water partition coefficient (Wildman–Crippen LogP) is 1.32. The maximum absolute atomic E-state index is 11.2. The number of hydrogen-bond donors (Lipinski definition) is 2. The summed E-state index contributed by atoms with van der Waals surface area (Å²) in [5, 5.41) is 6.47. The Hall–Kier alpha value is -0.0900. The molecule has 0 heterocycles. The molecule has 0 aliphatic heterocycles. The Morgan fingerprint density at radius 3 is 2.36 bits per heavy atom. The summed E-state index contributed by atoms with van der Waals surface area (Å²) in [6, 6.07) is 0.633. The Labute approximate surface area is 153 Å². The number of likely N-dealkylation sites (N-methyl/N-ethyl adjacent to an activating group) is 1. The van der Waals surface area contributed by atoms with Crippen LogP contribution in [0.15, 0.2) is 4.99 Å². The molecule has 6 nitrogen and oxygen atoms in total. The lowest BCUT2D eigenvalue weighted by Crippen LogP contribution is -2.45. The molecule has 22 heavy (non-hydrogen) atoms. The maximum Gasteiger partial charge on any atom is 0.191 e. The smallest absolute Gasteiger partial charge is 0.191 e. The fourth-order valence-corrected chi connectivity index (χ4v) is 2.56. The molecule has 2 atom stereocenters. The second-order valence-electron chi connectivity index (χ2n) is 5.70. The monoisotopic (exact) mass is 448 g/mol. The fraction of sp³-hybridized carbons (Fsp3) is 0.929. The Morgan fingerprint density at radius 1 is 1.32 bits per heavy atom. The molecule has 0 saturated carbocycles. The predicted molar refractivity (Wildman–Crippen MR) is 106 cm³/mol. The highest BCUT2D eigenvalue weighted by Gasteiger charge is 2.10. The average Bonchev–Trinajstić information content (AvgIpc) is 2.42. The van der Waals surface area contributed by atoms with Gasteiger partial charge in [-0.25, -0.2) is 8.42 Å². The Kier molecular flexibility index (Phi) is 13.6. The summed E-state index contributed by atoms with van der Waals surface area (Å²) in [7, 11) is 0.922. The van der Waals surface area contributed by atoms with Gasteiger partial charge in [0.1, 0.15) is 9.84 Å². The molecule has 0 aromatic carbocycles. The number of aliphatic imine (C=N–C) groups is 1. The van der Waals surface area contributed by atoms with Crippen molar-refractivity contribution in [3.05, 3.63) is 0 Å². The summed E-state index contributed by atoms with van der Waals surface area (Å²) in [4.78, 5) is 6.46. The third-order valence-electron chi connectivity index (χ3n) is 3.63. The molecule has 0 amide bonds. The van der Waals surface area contributed by atoms with Crippen LogP contribution < -0.4 is 10.6 Å². The quantitative estimate of drug-likeness (QED) is 0.316. The molecule has 0 bridgehead atoms. The molecule has 0 aliphatic carbocycles. The van der Waals surface area contributed by atoms with Crippen LogP contribution in [-0.4, -0.2) is 70.6 Å². The summed E-state index contributed by atoms with van der Waals surface area (Å²) in [5.74, 6) is 0.906. The van der Waals surface area contributed by atoms with E-state index >= 15 is 0 Å². The van der Waals surface area contributed by atoms with Crippen LogP contribution in [0.1, 0.15) is 33.6 Å². The molecule has 0 aliphatic rings. The van der Waals surface area contributed by atoms with Gasteiger partial charge in [-0.3, -0.25) is 4.99 Å². The van der Waals surface area contributed by atoms with Gasteiger partial charge in [0.15, 0.2) is 5.96 Å². The van der Waals surface area contributed by atoms with Gasteiger partial charge < -0.3 is 15.5 Å². The first-order valence-electron chi connectivity index (χ1n) is 7.54. The summed E-state index contributed by atoms with van der Waals surface area (Å²) < 4.78 is 22.3. The summed E-state index contributed by atoms with van der Waals surface area (Å²) in [5.41, 5.74) is 0. The van der Waals surface area contributed by atoms with Gasteiger partial charge in [0, 0.05) is 38.5 Å². The highest BCUT2D eigenvalue weighted by molar-refractivity contribution is 14.0. The third-order valence-corrected chi connectivity index (χ3v) is 4.61. The van der Waals surface area contributed by atoms with Crippen molar-refractivity contribution in [2.75, 3.05) is 39.2 Å². The van der Waals surface area contributed by atoms with Gasteiger partial charge in [-0.15, -0.1) is 24.0 Å². The number of halogens is 1. The lowest BCUT2D eigenvalue weighted by atomic mass is 10.2. The molecule has 8 heteroatoms. The molecule has 2 unspecified atom stereocenters. The van der Waals surface area contributed by atoms with E-state index in [9.17, 15) is 8.42 Å². The molecular weight excluding hydrogens is 415 g/mol. The number of nitrogens with one attached hydrogen (secondary N) is 2. The van der Waals surface area contributed by atoms with Crippen LogP contribution in [0.25, 0.3) is 0 Å². The van der Waals surface area contributed by atoms with Crippen molar-refractivity contribution in [2.24, 2.45) is 4.99 Å². The molecule has 134 valence electrons. The van der Waals surface area contributed by atoms with Crippen LogP contribution in [0.5, 0.6) is 0 Å². The highest BCUT2D eigenvalue weighted by atomic mass is 127. The zero-order chi connectivity index (χ0) is 16.5. The maximum atomic E-state index is 11.2. The number of sulfone groups is 1. The van der Waals surface area contributed by atoms with E-state index in [4.69, 9.17) is 0 Å². The van der Waals surface area contributed by atoms with E-state index in [2.05, 4.69) is 41.4 Å². The van der Waals surface area contributed by atoms with Gasteiger partial charge in [-0.1, -0.05) is 6.92 Å². The van der Waals surface area contributed by atoms with Crippen molar-refractivity contribution in [2.45, 2.75) is 45.7 Å². The van der Waals surface area contributed by atoms with Crippen LogP contribution in [0.4, 0.5) is 0 Å². The third kappa shape index (κ3) is 12.5. The van der Waals surface area contributed by atoms with E-state index in [1.165, 1.54) is 6.26 Å². The van der Waals surface area contributed by atoms with Crippen LogP contribution in [0.3, 0.4) is 0 Å². The van der Waals surface area contributed by atoms with E-state index in [1.807, 2.05) is 6.92 Å². The lowest BCUT2D eigenvalue weighted by molar-refractivity contribution is 0.255. The highest BCUT2D eigenvalue weighted by Crippen LogP contribution is 1.98. The van der Waals surface area contributed by atoms with Gasteiger partial charge >= 0.3 is 0 Å². The van der Waals surface area contributed by atoms with Crippen molar-refractivity contribution in [1.29, 1.82) is 0 Å².